The predicted molar refractivity (Wildman–Crippen MR) is 78.0 cm³/mol. The highest BCUT2D eigenvalue weighted by molar-refractivity contribution is 5.99. The van der Waals surface area contributed by atoms with Crippen molar-refractivity contribution in [3.8, 4) is 0 Å². The van der Waals surface area contributed by atoms with Crippen molar-refractivity contribution in [1.82, 2.24) is 4.98 Å². The van der Waals surface area contributed by atoms with Crippen LogP contribution in [-0.4, -0.2) is 29.2 Å². The van der Waals surface area contributed by atoms with Gasteiger partial charge in [0.1, 0.15) is 0 Å². The number of non-ortho nitro benzene ring substituents is 1. The van der Waals surface area contributed by atoms with Crippen LogP contribution >= 0.6 is 0 Å². The molecule has 0 aliphatic heterocycles. The van der Waals surface area contributed by atoms with Gasteiger partial charge in [-0.05, 0) is 26.0 Å². The summed E-state index contributed by atoms with van der Waals surface area (Å²) >= 11 is 0. The maximum absolute atomic E-state index is 11.0. The van der Waals surface area contributed by atoms with E-state index in [-0.39, 0.29) is 11.8 Å². The number of pyridine rings is 1. The van der Waals surface area contributed by atoms with Gasteiger partial charge in [0.25, 0.3) is 5.69 Å². The molecule has 0 radical (unpaired) electrons. The minimum Gasteiger partial charge on any atom is -0.382 e. The molecule has 1 atom stereocenters. The molecule has 0 saturated carbocycles. The Bertz CT molecular complexity index is 616. The molecule has 2 rings (SSSR count). The van der Waals surface area contributed by atoms with Gasteiger partial charge in [0, 0.05) is 42.7 Å². The van der Waals surface area contributed by atoms with Crippen molar-refractivity contribution in [2.24, 2.45) is 0 Å². The van der Waals surface area contributed by atoms with E-state index in [1.807, 2.05) is 13.8 Å². The zero-order chi connectivity index (χ0) is 14.5. The van der Waals surface area contributed by atoms with Gasteiger partial charge in [0.2, 0.25) is 0 Å². The van der Waals surface area contributed by atoms with Gasteiger partial charge in [-0.3, -0.25) is 15.1 Å². The average Bonchev–Trinajstić information content (AvgIpc) is 2.44. The third-order valence-electron chi connectivity index (χ3n) is 3.02. The number of rotatable bonds is 6. The first-order chi connectivity index (χ1) is 9.63. The van der Waals surface area contributed by atoms with Crippen LogP contribution in [0.1, 0.15) is 13.8 Å². The minimum atomic E-state index is -0.392. The van der Waals surface area contributed by atoms with Crippen molar-refractivity contribution in [1.29, 1.82) is 0 Å². The number of nitro groups is 1. The van der Waals surface area contributed by atoms with E-state index in [4.69, 9.17) is 4.74 Å². The number of hydrogen-bond acceptors (Lipinski definition) is 5. The fourth-order valence-electron chi connectivity index (χ4n) is 2.09. The van der Waals surface area contributed by atoms with E-state index in [1.165, 1.54) is 12.3 Å². The molecule has 0 aliphatic rings. The SMILES string of the molecule is CCOC(C)CNc1ccc([N+](=O)[O-])c2cnccc12. The summed E-state index contributed by atoms with van der Waals surface area (Å²) < 4.78 is 5.45. The van der Waals surface area contributed by atoms with Gasteiger partial charge in [-0.1, -0.05) is 0 Å². The number of fused-ring (bicyclic) bond motifs is 1. The molecule has 1 N–H and O–H groups in total. The summed E-state index contributed by atoms with van der Waals surface area (Å²) in [4.78, 5) is 14.6. The Morgan fingerprint density at radius 1 is 1.40 bits per heavy atom. The quantitative estimate of drug-likeness (QED) is 0.647. The molecule has 0 spiro atoms. The minimum absolute atomic E-state index is 0.0662. The third-order valence-corrected chi connectivity index (χ3v) is 3.02. The number of nitrogens with one attached hydrogen (secondary N) is 1. The van der Waals surface area contributed by atoms with Crippen molar-refractivity contribution in [2.45, 2.75) is 20.0 Å². The second-order valence-corrected chi connectivity index (χ2v) is 4.46. The molecule has 1 aromatic carbocycles. The number of nitro benzene ring substituents is 1. The van der Waals surface area contributed by atoms with E-state index >= 15 is 0 Å². The van der Waals surface area contributed by atoms with Gasteiger partial charge in [0.15, 0.2) is 0 Å². The van der Waals surface area contributed by atoms with Crippen LogP contribution in [0.25, 0.3) is 10.8 Å². The second kappa shape index (κ2) is 6.29. The Morgan fingerprint density at radius 3 is 2.90 bits per heavy atom. The molecule has 0 saturated heterocycles. The Labute approximate surface area is 116 Å². The molecule has 1 heterocycles. The number of ether oxygens (including phenoxy) is 1. The van der Waals surface area contributed by atoms with E-state index in [0.29, 0.717) is 18.5 Å². The van der Waals surface area contributed by atoms with Crippen molar-refractivity contribution in [2.75, 3.05) is 18.5 Å². The number of benzene rings is 1. The molecular weight excluding hydrogens is 258 g/mol. The smallest absolute Gasteiger partial charge is 0.278 e. The van der Waals surface area contributed by atoms with Crippen LogP contribution < -0.4 is 5.32 Å². The number of aromatic nitrogens is 1. The molecule has 2 aromatic rings. The highest BCUT2D eigenvalue weighted by Gasteiger charge is 2.14. The summed E-state index contributed by atoms with van der Waals surface area (Å²) in [7, 11) is 0. The van der Waals surface area contributed by atoms with E-state index in [1.54, 1.807) is 18.3 Å². The Kier molecular flexibility index (Phi) is 4.47. The van der Waals surface area contributed by atoms with Crippen LogP contribution in [0.15, 0.2) is 30.6 Å². The van der Waals surface area contributed by atoms with E-state index in [9.17, 15) is 10.1 Å². The summed E-state index contributed by atoms with van der Waals surface area (Å²) in [6, 6.07) is 4.99. The predicted octanol–water partition coefficient (Wildman–Crippen LogP) is 2.98. The third kappa shape index (κ3) is 3.03. The number of anilines is 1. The molecule has 0 aliphatic carbocycles. The van der Waals surface area contributed by atoms with Crippen LogP contribution in [-0.2, 0) is 4.74 Å². The molecule has 20 heavy (non-hydrogen) atoms. The molecule has 106 valence electrons. The Hall–Kier alpha value is -2.21. The summed E-state index contributed by atoms with van der Waals surface area (Å²) in [5.74, 6) is 0. The molecule has 1 unspecified atom stereocenters. The van der Waals surface area contributed by atoms with Crippen LogP contribution in [0, 0.1) is 10.1 Å². The van der Waals surface area contributed by atoms with Gasteiger partial charge < -0.3 is 10.1 Å². The fraction of sp³-hybridized carbons (Fsp3) is 0.357. The molecular formula is C14H17N3O3. The van der Waals surface area contributed by atoms with Crippen molar-refractivity contribution >= 4 is 22.1 Å². The van der Waals surface area contributed by atoms with E-state index < -0.39 is 4.92 Å². The zero-order valence-electron chi connectivity index (χ0n) is 11.5. The highest BCUT2D eigenvalue weighted by Crippen LogP contribution is 2.30. The molecule has 1 aromatic heterocycles. The summed E-state index contributed by atoms with van der Waals surface area (Å²) in [5, 5.41) is 15.6. The summed E-state index contributed by atoms with van der Waals surface area (Å²) in [6.07, 6.45) is 3.22. The van der Waals surface area contributed by atoms with Gasteiger partial charge in [0.05, 0.1) is 16.4 Å². The van der Waals surface area contributed by atoms with Crippen LogP contribution in [0.2, 0.25) is 0 Å². The topological polar surface area (TPSA) is 77.3 Å². The lowest BCUT2D eigenvalue weighted by Gasteiger charge is -2.15. The molecule has 6 nitrogen and oxygen atoms in total. The zero-order valence-corrected chi connectivity index (χ0v) is 11.5. The van der Waals surface area contributed by atoms with Crippen LogP contribution in [0.3, 0.4) is 0 Å². The standard InChI is InChI=1S/C14H17N3O3/c1-3-20-10(2)8-16-13-4-5-14(17(18)19)12-9-15-7-6-11(12)13/h4-7,9-10,16H,3,8H2,1-2H3. The first-order valence-corrected chi connectivity index (χ1v) is 6.50. The molecule has 0 amide bonds. The summed E-state index contributed by atoms with van der Waals surface area (Å²) in [5.41, 5.74) is 0.913. The summed E-state index contributed by atoms with van der Waals surface area (Å²) in [6.45, 7) is 5.23. The van der Waals surface area contributed by atoms with Crippen molar-refractivity contribution < 1.29 is 9.66 Å². The average molecular weight is 275 g/mol. The number of hydrogen-bond donors (Lipinski definition) is 1. The lowest BCUT2D eigenvalue weighted by atomic mass is 10.1. The second-order valence-electron chi connectivity index (χ2n) is 4.46. The maximum atomic E-state index is 11.0. The van der Waals surface area contributed by atoms with Crippen molar-refractivity contribution in [3.05, 3.63) is 40.7 Å². The Morgan fingerprint density at radius 2 is 2.20 bits per heavy atom. The van der Waals surface area contributed by atoms with E-state index in [0.717, 1.165) is 11.1 Å². The lowest BCUT2D eigenvalue weighted by Crippen LogP contribution is -2.19. The fourth-order valence-corrected chi connectivity index (χ4v) is 2.09. The lowest BCUT2D eigenvalue weighted by molar-refractivity contribution is -0.383. The van der Waals surface area contributed by atoms with Gasteiger partial charge in [-0.15, -0.1) is 0 Å². The molecule has 0 bridgehead atoms. The first-order valence-electron chi connectivity index (χ1n) is 6.50. The van der Waals surface area contributed by atoms with Gasteiger partial charge in [-0.25, -0.2) is 0 Å². The number of nitrogens with zero attached hydrogens (tertiary/aromatic N) is 2. The molecule has 6 heteroatoms. The highest BCUT2D eigenvalue weighted by atomic mass is 16.6. The van der Waals surface area contributed by atoms with Crippen LogP contribution in [0.4, 0.5) is 11.4 Å². The Balaban J connectivity index is 2.31. The first kappa shape index (κ1) is 14.2. The molecule has 0 fully saturated rings. The van der Waals surface area contributed by atoms with Gasteiger partial charge in [-0.2, -0.15) is 0 Å². The largest absolute Gasteiger partial charge is 0.382 e. The van der Waals surface area contributed by atoms with Crippen molar-refractivity contribution in [3.63, 3.8) is 0 Å². The van der Waals surface area contributed by atoms with E-state index in [2.05, 4.69) is 10.3 Å². The van der Waals surface area contributed by atoms with Crippen LogP contribution in [0.5, 0.6) is 0 Å². The maximum Gasteiger partial charge on any atom is 0.278 e. The monoisotopic (exact) mass is 275 g/mol. The van der Waals surface area contributed by atoms with Gasteiger partial charge >= 0.3 is 0 Å². The normalized spacial score (nSPS) is 12.3.